The molecule has 5 nitrogen and oxygen atoms in total. The van der Waals surface area contributed by atoms with Gasteiger partial charge in [0.2, 0.25) is 5.88 Å². The van der Waals surface area contributed by atoms with Gasteiger partial charge in [-0.25, -0.2) is 4.98 Å². The van der Waals surface area contributed by atoms with Crippen LogP contribution in [0.1, 0.15) is 21.5 Å². The summed E-state index contributed by atoms with van der Waals surface area (Å²) >= 11 is 0. The highest BCUT2D eigenvalue weighted by atomic mass is 16.5. The van der Waals surface area contributed by atoms with Crippen LogP contribution in [0, 0.1) is 6.92 Å². The molecule has 0 bridgehead atoms. The lowest BCUT2D eigenvalue weighted by Crippen LogP contribution is -2.23. The number of ether oxygens (including phenoxy) is 2. The van der Waals surface area contributed by atoms with E-state index < -0.39 is 0 Å². The molecule has 0 saturated carbocycles. The van der Waals surface area contributed by atoms with Crippen molar-refractivity contribution in [1.29, 1.82) is 0 Å². The van der Waals surface area contributed by atoms with Gasteiger partial charge in [-0.3, -0.25) is 4.79 Å². The van der Waals surface area contributed by atoms with Gasteiger partial charge in [0, 0.05) is 12.7 Å². The van der Waals surface area contributed by atoms with Gasteiger partial charge in [-0.15, -0.1) is 0 Å². The Balaban J connectivity index is 1.69. The van der Waals surface area contributed by atoms with Crippen LogP contribution in [0.25, 0.3) is 0 Å². The number of hydrogen-bond acceptors (Lipinski definition) is 4. The Labute approximate surface area is 152 Å². The maximum atomic E-state index is 12.6. The number of aromatic nitrogens is 1. The second-order valence-corrected chi connectivity index (χ2v) is 5.80. The van der Waals surface area contributed by atoms with Crippen molar-refractivity contribution in [2.75, 3.05) is 7.11 Å². The number of carbonyl (C=O) groups excluding carboxylic acids is 1. The van der Waals surface area contributed by atoms with Crippen LogP contribution >= 0.6 is 0 Å². The monoisotopic (exact) mass is 348 g/mol. The quantitative estimate of drug-likeness (QED) is 0.728. The zero-order valence-electron chi connectivity index (χ0n) is 14.7. The number of nitrogens with one attached hydrogen (secondary N) is 1. The summed E-state index contributed by atoms with van der Waals surface area (Å²) in [6, 6.07) is 18.5. The van der Waals surface area contributed by atoms with E-state index in [1.165, 1.54) is 0 Å². The van der Waals surface area contributed by atoms with Gasteiger partial charge in [-0.05, 0) is 48.9 Å². The Morgan fingerprint density at radius 3 is 2.38 bits per heavy atom. The lowest BCUT2D eigenvalue weighted by Gasteiger charge is -2.11. The van der Waals surface area contributed by atoms with Crippen LogP contribution in [0.15, 0.2) is 66.9 Å². The number of rotatable bonds is 6. The first-order chi connectivity index (χ1) is 12.7. The molecule has 0 atom stereocenters. The molecule has 5 heteroatoms. The molecule has 2 aromatic carbocycles. The summed E-state index contributed by atoms with van der Waals surface area (Å²) in [5.74, 6) is 1.46. The molecular weight excluding hydrogens is 328 g/mol. The van der Waals surface area contributed by atoms with Crippen molar-refractivity contribution in [2.45, 2.75) is 13.5 Å². The molecule has 1 N–H and O–H groups in total. The highest BCUT2D eigenvalue weighted by molar-refractivity contribution is 5.96. The van der Waals surface area contributed by atoms with Crippen LogP contribution in [0.2, 0.25) is 0 Å². The average molecular weight is 348 g/mol. The molecular formula is C21H20N2O3. The second kappa shape index (κ2) is 8.16. The van der Waals surface area contributed by atoms with E-state index in [0.29, 0.717) is 17.9 Å². The highest BCUT2D eigenvalue weighted by Gasteiger charge is 2.14. The first kappa shape index (κ1) is 17.5. The SMILES string of the molecule is COc1ccc(CNC(=O)c2cccnc2Oc2ccc(C)cc2)cc1. The van der Waals surface area contributed by atoms with Crippen molar-refractivity contribution in [2.24, 2.45) is 0 Å². The minimum atomic E-state index is -0.240. The van der Waals surface area contributed by atoms with Crippen molar-refractivity contribution in [3.8, 4) is 17.4 Å². The number of benzene rings is 2. The molecule has 0 radical (unpaired) electrons. The maximum Gasteiger partial charge on any atom is 0.257 e. The largest absolute Gasteiger partial charge is 0.497 e. The van der Waals surface area contributed by atoms with Crippen LogP contribution in [0.3, 0.4) is 0 Å². The number of hydrogen-bond donors (Lipinski definition) is 1. The van der Waals surface area contributed by atoms with E-state index in [2.05, 4.69) is 10.3 Å². The molecule has 1 heterocycles. The predicted octanol–water partition coefficient (Wildman–Crippen LogP) is 4.12. The number of methoxy groups -OCH3 is 1. The van der Waals surface area contributed by atoms with Gasteiger partial charge in [0.1, 0.15) is 17.1 Å². The van der Waals surface area contributed by atoms with E-state index >= 15 is 0 Å². The average Bonchev–Trinajstić information content (AvgIpc) is 2.68. The minimum Gasteiger partial charge on any atom is -0.497 e. The zero-order chi connectivity index (χ0) is 18.4. The molecule has 0 aliphatic rings. The Hall–Kier alpha value is -3.34. The van der Waals surface area contributed by atoms with Gasteiger partial charge in [-0.1, -0.05) is 29.8 Å². The van der Waals surface area contributed by atoms with Crippen LogP contribution in [-0.4, -0.2) is 18.0 Å². The van der Waals surface area contributed by atoms with Crippen molar-refractivity contribution in [3.05, 3.63) is 83.6 Å². The van der Waals surface area contributed by atoms with Gasteiger partial charge in [0.15, 0.2) is 0 Å². The third-order valence-electron chi connectivity index (χ3n) is 3.86. The molecule has 0 aliphatic heterocycles. The zero-order valence-corrected chi connectivity index (χ0v) is 14.7. The van der Waals surface area contributed by atoms with Crippen LogP contribution in [-0.2, 0) is 6.54 Å². The molecule has 3 rings (SSSR count). The van der Waals surface area contributed by atoms with Crippen LogP contribution in [0.5, 0.6) is 17.4 Å². The van der Waals surface area contributed by atoms with Gasteiger partial charge in [0.05, 0.1) is 7.11 Å². The van der Waals surface area contributed by atoms with E-state index in [9.17, 15) is 4.79 Å². The Bertz CT molecular complexity index is 875. The Morgan fingerprint density at radius 1 is 1.00 bits per heavy atom. The van der Waals surface area contributed by atoms with Gasteiger partial charge < -0.3 is 14.8 Å². The van der Waals surface area contributed by atoms with Crippen LogP contribution in [0.4, 0.5) is 0 Å². The van der Waals surface area contributed by atoms with Gasteiger partial charge in [-0.2, -0.15) is 0 Å². The lowest BCUT2D eigenvalue weighted by atomic mass is 10.2. The summed E-state index contributed by atoms with van der Waals surface area (Å²) in [7, 11) is 1.62. The number of nitrogens with zero attached hydrogens (tertiary/aromatic N) is 1. The van der Waals surface area contributed by atoms with Gasteiger partial charge in [0.25, 0.3) is 5.91 Å². The Morgan fingerprint density at radius 2 is 1.69 bits per heavy atom. The fourth-order valence-electron chi connectivity index (χ4n) is 2.38. The summed E-state index contributed by atoms with van der Waals surface area (Å²) in [5, 5.41) is 2.89. The molecule has 1 amide bonds. The summed E-state index contributed by atoms with van der Waals surface area (Å²) < 4.78 is 10.9. The molecule has 0 spiro atoms. The summed E-state index contributed by atoms with van der Waals surface area (Å²) in [5.41, 5.74) is 2.50. The summed E-state index contributed by atoms with van der Waals surface area (Å²) in [6.45, 7) is 2.41. The first-order valence-electron chi connectivity index (χ1n) is 8.26. The lowest BCUT2D eigenvalue weighted by molar-refractivity contribution is 0.0948. The predicted molar refractivity (Wildman–Crippen MR) is 99.7 cm³/mol. The van der Waals surface area contributed by atoms with Crippen molar-refractivity contribution in [1.82, 2.24) is 10.3 Å². The standard InChI is InChI=1S/C21H20N2O3/c1-15-5-9-18(10-6-15)26-21-19(4-3-13-22-21)20(24)23-14-16-7-11-17(25-2)12-8-16/h3-13H,14H2,1-2H3,(H,23,24). The van der Waals surface area contributed by atoms with Gasteiger partial charge >= 0.3 is 0 Å². The second-order valence-electron chi connectivity index (χ2n) is 5.80. The molecule has 132 valence electrons. The molecule has 0 fully saturated rings. The molecule has 0 unspecified atom stereocenters. The smallest absolute Gasteiger partial charge is 0.257 e. The van der Waals surface area contributed by atoms with E-state index in [0.717, 1.165) is 16.9 Å². The first-order valence-corrected chi connectivity index (χ1v) is 8.26. The fraction of sp³-hybridized carbons (Fsp3) is 0.143. The fourth-order valence-corrected chi connectivity index (χ4v) is 2.38. The third kappa shape index (κ3) is 4.39. The third-order valence-corrected chi connectivity index (χ3v) is 3.86. The highest BCUT2D eigenvalue weighted by Crippen LogP contribution is 2.23. The van der Waals surface area contributed by atoms with E-state index in [-0.39, 0.29) is 11.8 Å². The van der Waals surface area contributed by atoms with Crippen molar-refractivity contribution in [3.63, 3.8) is 0 Å². The van der Waals surface area contributed by atoms with E-state index in [1.807, 2.05) is 55.5 Å². The van der Waals surface area contributed by atoms with E-state index in [4.69, 9.17) is 9.47 Å². The number of pyridine rings is 1. The number of amides is 1. The molecule has 0 saturated heterocycles. The van der Waals surface area contributed by atoms with Crippen molar-refractivity contribution >= 4 is 5.91 Å². The number of aryl methyl sites for hydroxylation is 1. The normalized spacial score (nSPS) is 10.2. The maximum absolute atomic E-state index is 12.6. The molecule has 26 heavy (non-hydrogen) atoms. The topological polar surface area (TPSA) is 60.5 Å². The summed E-state index contributed by atoms with van der Waals surface area (Å²) in [4.78, 5) is 16.7. The molecule has 0 aliphatic carbocycles. The van der Waals surface area contributed by atoms with E-state index in [1.54, 1.807) is 25.4 Å². The Kier molecular flexibility index (Phi) is 5.49. The molecule has 3 aromatic rings. The minimum absolute atomic E-state index is 0.240. The molecule has 1 aromatic heterocycles. The summed E-state index contributed by atoms with van der Waals surface area (Å²) in [6.07, 6.45) is 1.60. The number of carbonyl (C=O) groups is 1. The van der Waals surface area contributed by atoms with Crippen molar-refractivity contribution < 1.29 is 14.3 Å². The van der Waals surface area contributed by atoms with Crippen LogP contribution < -0.4 is 14.8 Å².